The Bertz CT molecular complexity index is 538. The van der Waals surface area contributed by atoms with E-state index in [4.69, 9.17) is 23.2 Å². The number of carbonyl (C=O) groups is 1. The normalized spacial score (nSPS) is 11.3. The van der Waals surface area contributed by atoms with Crippen LogP contribution in [-0.4, -0.2) is 18.2 Å². The molecule has 0 amide bonds. The Balaban J connectivity index is 2.81. The van der Waals surface area contributed by atoms with Crippen molar-refractivity contribution >= 4 is 29.5 Å². The van der Waals surface area contributed by atoms with Gasteiger partial charge < -0.3 is 9.69 Å². The highest BCUT2D eigenvalue weighted by Gasteiger charge is 2.05. The smallest absolute Gasteiger partial charge is 0.124 e. The van der Waals surface area contributed by atoms with Crippen molar-refractivity contribution in [2.75, 3.05) is 7.05 Å². The van der Waals surface area contributed by atoms with Crippen LogP contribution in [0, 0.1) is 0 Å². The fourth-order valence-electron chi connectivity index (χ4n) is 2.08. The molecule has 1 aromatic carbocycles. The Kier molecular flexibility index (Phi) is 7.55. The molecule has 0 aliphatic heterocycles. The first-order chi connectivity index (χ1) is 9.97. The number of aldehydes is 1. The number of halogens is 2. The summed E-state index contributed by atoms with van der Waals surface area (Å²) in [6.07, 6.45) is 5.21. The van der Waals surface area contributed by atoms with Crippen molar-refractivity contribution in [3.63, 3.8) is 0 Å². The molecule has 2 nitrogen and oxygen atoms in total. The van der Waals surface area contributed by atoms with Crippen LogP contribution in [0.3, 0.4) is 0 Å². The molecule has 0 bridgehead atoms. The lowest BCUT2D eigenvalue weighted by Crippen LogP contribution is -2.12. The number of hydrogen-bond donors (Lipinski definition) is 0. The van der Waals surface area contributed by atoms with Gasteiger partial charge in [0.15, 0.2) is 0 Å². The lowest BCUT2D eigenvalue weighted by molar-refractivity contribution is -0.107. The SMILES string of the molecule is C=C(CCC)/C(=C\N(C)Cc1ccc(Cl)c(Cl)c1)CC=O. The average molecular weight is 326 g/mol. The summed E-state index contributed by atoms with van der Waals surface area (Å²) < 4.78 is 0. The van der Waals surface area contributed by atoms with Crippen molar-refractivity contribution in [1.29, 1.82) is 0 Å². The van der Waals surface area contributed by atoms with Gasteiger partial charge in [0.05, 0.1) is 10.0 Å². The van der Waals surface area contributed by atoms with Crippen LogP contribution in [0.4, 0.5) is 0 Å². The summed E-state index contributed by atoms with van der Waals surface area (Å²) in [5.41, 5.74) is 3.06. The monoisotopic (exact) mass is 325 g/mol. The molecule has 21 heavy (non-hydrogen) atoms. The topological polar surface area (TPSA) is 20.3 Å². The van der Waals surface area contributed by atoms with Gasteiger partial charge in [-0.2, -0.15) is 0 Å². The lowest BCUT2D eigenvalue weighted by Gasteiger charge is -2.18. The van der Waals surface area contributed by atoms with Crippen molar-refractivity contribution in [2.24, 2.45) is 0 Å². The van der Waals surface area contributed by atoms with E-state index in [9.17, 15) is 4.79 Å². The van der Waals surface area contributed by atoms with Crippen LogP contribution in [0.1, 0.15) is 31.7 Å². The van der Waals surface area contributed by atoms with Gasteiger partial charge in [0, 0.05) is 26.2 Å². The number of rotatable bonds is 8. The fourth-order valence-corrected chi connectivity index (χ4v) is 2.40. The summed E-state index contributed by atoms with van der Waals surface area (Å²) in [5, 5.41) is 1.10. The molecule has 0 unspecified atom stereocenters. The van der Waals surface area contributed by atoms with Gasteiger partial charge in [-0.3, -0.25) is 0 Å². The van der Waals surface area contributed by atoms with Gasteiger partial charge in [-0.15, -0.1) is 0 Å². The minimum atomic E-state index is 0.393. The molecule has 114 valence electrons. The van der Waals surface area contributed by atoms with E-state index in [2.05, 4.69) is 13.5 Å². The lowest BCUT2D eigenvalue weighted by atomic mass is 10.0. The highest BCUT2D eigenvalue weighted by Crippen LogP contribution is 2.23. The Morgan fingerprint density at radius 2 is 2.05 bits per heavy atom. The maximum Gasteiger partial charge on any atom is 0.124 e. The van der Waals surface area contributed by atoms with Crippen LogP contribution >= 0.6 is 23.2 Å². The third kappa shape index (κ3) is 5.94. The highest BCUT2D eigenvalue weighted by molar-refractivity contribution is 6.42. The first kappa shape index (κ1) is 17.8. The van der Waals surface area contributed by atoms with E-state index in [0.29, 0.717) is 23.0 Å². The Morgan fingerprint density at radius 3 is 2.62 bits per heavy atom. The summed E-state index contributed by atoms with van der Waals surface area (Å²) in [6.45, 7) is 6.85. The Labute approximate surface area is 137 Å². The molecule has 4 heteroatoms. The summed E-state index contributed by atoms with van der Waals surface area (Å²) in [4.78, 5) is 12.8. The molecule has 0 aliphatic carbocycles. The highest BCUT2D eigenvalue weighted by atomic mass is 35.5. The van der Waals surface area contributed by atoms with Crippen molar-refractivity contribution in [3.8, 4) is 0 Å². The van der Waals surface area contributed by atoms with Crippen LogP contribution in [0.15, 0.2) is 42.1 Å². The van der Waals surface area contributed by atoms with E-state index in [1.807, 2.05) is 30.3 Å². The van der Waals surface area contributed by atoms with E-state index in [1.54, 1.807) is 6.07 Å². The van der Waals surface area contributed by atoms with Crippen molar-refractivity contribution in [2.45, 2.75) is 32.7 Å². The average Bonchev–Trinajstić information content (AvgIpc) is 2.42. The summed E-state index contributed by atoms with van der Waals surface area (Å²) in [6, 6.07) is 5.59. The van der Waals surface area contributed by atoms with Gasteiger partial charge in [0.25, 0.3) is 0 Å². The van der Waals surface area contributed by atoms with Crippen molar-refractivity contribution in [3.05, 3.63) is 57.7 Å². The molecular formula is C17H21Cl2NO. The molecule has 0 spiro atoms. The molecule has 0 fully saturated rings. The van der Waals surface area contributed by atoms with Crippen LogP contribution in [0.5, 0.6) is 0 Å². The second-order valence-electron chi connectivity index (χ2n) is 5.04. The molecular weight excluding hydrogens is 305 g/mol. The second kappa shape index (κ2) is 8.91. The largest absolute Gasteiger partial charge is 0.376 e. The quantitative estimate of drug-likeness (QED) is 0.480. The van der Waals surface area contributed by atoms with Crippen LogP contribution in [0.25, 0.3) is 0 Å². The van der Waals surface area contributed by atoms with E-state index in [0.717, 1.165) is 35.8 Å². The van der Waals surface area contributed by atoms with E-state index >= 15 is 0 Å². The number of allylic oxidation sites excluding steroid dienone is 2. The van der Waals surface area contributed by atoms with Crippen molar-refractivity contribution in [1.82, 2.24) is 4.90 Å². The number of nitrogens with zero attached hydrogens (tertiary/aromatic N) is 1. The molecule has 0 heterocycles. The fraction of sp³-hybridized carbons (Fsp3) is 0.353. The van der Waals surface area contributed by atoms with E-state index in [1.165, 1.54) is 0 Å². The first-order valence-electron chi connectivity index (χ1n) is 6.94. The molecule has 1 rings (SSSR count). The molecule has 0 atom stereocenters. The molecule has 0 N–H and O–H groups in total. The van der Waals surface area contributed by atoms with Crippen LogP contribution in [0.2, 0.25) is 10.0 Å². The second-order valence-corrected chi connectivity index (χ2v) is 5.86. The zero-order valence-corrected chi connectivity index (χ0v) is 14.0. The third-order valence-corrected chi connectivity index (χ3v) is 3.84. The minimum absolute atomic E-state index is 0.393. The first-order valence-corrected chi connectivity index (χ1v) is 7.70. The van der Waals surface area contributed by atoms with Crippen LogP contribution in [-0.2, 0) is 11.3 Å². The maximum atomic E-state index is 10.8. The minimum Gasteiger partial charge on any atom is -0.376 e. The van der Waals surface area contributed by atoms with Gasteiger partial charge >= 0.3 is 0 Å². The van der Waals surface area contributed by atoms with Crippen LogP contribution < -0.4 is 0 Å². The number of carbonyl (C=O) groups excluding carboxylic acids is 1. The Hall–Kier alpha value is -1.25. The number of hydrogen-bond acceptors (Lipinski definition) is 2. The van der Waals surface area contributed by atoms with E-state index in [-0.39, 0.29) is 0 Å². The van der Waals surface area contributed by atoms with Crippen molar-refractivity contribution < 1.29 is 4.79 Å². The van der Waals surface area contributed by atoms with Gasteiger partial charge in [0.1, 0.15) is 6.29 Å². The number of benzene rings is 1. The molecule has 0 aromatic heterocycles. The predicted octanol–water partition coefficient (Wildman–Crippen LogP) is 5.25. The molecule has 1 aromatic rings. The van der Waals surface area contributed by atoms with Gasteiger partial charge in [-0.05, 0) is 29.7 Å². The van der Waals surface area contributed by atoms with Gasteiger partial charge in [-0.25, -0.2) is 0 Å². The zero-order chi connectivity index (χ0) is 15.8. The van der Waals surface area contributed by atoms with Gasteiger partial charge in [0.2, 0.25) is 0 Å². The molecule has 0 radical (unpaired) electrons. The van der Waals surface area contributed by atoms with Gasteiger partial charge in [-0.1, -0.05) is 54.8 Å². The third-order valence-electron chi connectivity index (χ3n) is 3.10. The summed E-state index contributed by atoms with van der Waals surface area (Å²) in [7, 11) is 1.96. The summed E-state index contributed by atoms with van der Waals surface area (Å²) in [5.74, 6) is 0. The maximum absolute atomic E-state index is 10.8. The molecule has 0 saturated heterocycles. The van der Waals surface area contributed by atoms with E-state index < -0.39 is 0 Å². The Morgan fingerprint density at radius 1 is 1.33 bits per heavy atom. The molecule has 0 aliphatic rings. The molecule has 0 saturated carbocycles. The standard InChI is InChI=1S/C17H21Cl2NO/c1-4-5-13(2)15(8-9-21)12-20(3)11-14-6-7-16(18)17(19)10-14/h6-7,9-10,12H,2,4-5,8,11H2,1,3H3/b15-12-. The predicted molar refractivity (Wildman–Crippen MR) is 90.7 cm³/mol. The zero-order valence-electron chi connectivity index (χ0n) is 12.5. The summed E-state index contributed by atoms with van der Waals surface area (Å²) >= 11 is 11.9.